The molecule has 3 heterocycles. The zero-order valence-electron chi connectivity index (χ0n) is 35.6. The van der Waals surface area contributed by atoms with E-state index in [0.717, 1.165) is 83.2 Å². The standard InChI is InChI=1S/C50H54N6O6S/c1-35-13-23-43(24-14-35)63(59,60)54-45(31-37-9-4-3-5-10-37)48(58)53-32-42-11-6-7-12-44(42)39-19-21-41(22-20-39)49-61-46(36(2)47(62-49)40-17-15-38(34-57)16-18-40)33-55-27-29-56(30-28-55)50-51-25-8-26-52-50/h3-26,36,45-47,49,54,57H,27-34H2,1-2H3,(H,53,58)/t36-,45+,46+,47+,49+/m0/s1. The Hall–Kier alpha value is -5.80. The van der Waals surface area contributed by atoms with Gasteiger partial charge < -0.3 is 24.8 Å². The number of amides is 1. The Morgan fingerprint density at radius 3 is 2.14 bits per heavy atom. The molecular weight excluding hydrogens is 813 g/mol. The molecule has 2 aliphatic heterocycles. The molecule has 2 aliphatic rings. The van der Waals surface area contributed by atoms with Gasteiger partial charge in [-0.05, 0) is 64.9 Å². The van der Waals surface area contributed by atoms with E-state index in [1.165, 1.54) is 0 Å². The first-order chi connectivity index (χ1) is 30.6. The number of nitrogens with one attached hydrogen (secondary N) is 2. The van der Waals surface area contributed by atoms with Gasteiger partial charge in [0.25, 0.3) is 0 Å². The highest BCUT2D eigenvalue weighted by molar-refractivity contribution is 7.89. The van der Waals surface area contributed by atoms with Crippen molar-refractivity contribution in [2.45, 2.75) is 62.9 Å². The molecule has 5 aromatic carbocycles. The minimum Gasteiger partial charge on any atom is -0.392 e. The maximum atomic E-state index is 13.9. The van der Waals surface area contributed by atoms with Gasteiger partial charge in [0.2, 0.25) is 21.9 Å². The molecule has 1 amide bonds. The van der Waals surface area contributed by atoms with E-state index in [0.29, 0.717) is 0 Å². The predicted molar refractivity (Wildman–Crippen MR) is 243 cm³/mol. The number of hydrogen-bond donors (Lipinski definition) is 3. The molecule has 2 saturated heterocycles. The number of piperazine rings is 1. The van der Waals surface area contributed by atoms with Crippen molar-refractivity contribution in [3.05, 3.63) is 179 Å². The van der Waals surface area contributed by atoms with Crippen molar-refractivity contribution < 1.29 is 27.8 Å². The molecular formula is C50H54N6O6S. The second-order valence-electron chi connectivity index (χ2n) is 16.3. The van der Waals surface area contributed by atoms with Crippen molar-refractivity contribution >= 4 is 21.9 Å². The summed E-state index contributed by atoms with van der Waals surface area (Å²) in [5.74, 6) is 0.369. The van der Waals surface area contributed by atoms with E-state index >= 15 is 0 Å². The molecule has 0 spiro atoms. The molecule has 12 nitrogen and oxygen atoms in total. The molecule has 8 rings (SSSR count). The van der Waals surface area contributed by atoms with Gasteiger partial charge in [-0.2, -0.15) is 4.72 Å². The molecule has 6 aromatic rings. The molecule has 2 fully saturated rings. The summed E-state index contributed by atoms with van der Waals surface area (Å²) in [7, 11) is -3.99. The first kappa shape index (κ1) is 43.8. The van der Waals surface area contributed by atoms with Crippen LogP contribution in [0.15, 0.2) is 151 Å². The number of aliphatic hydroxyl groups excluding tert-OH is 1. The van der Waals surface area contributed by atoms with Crippen molar-refractivity contribution in [2.75, 3.05) is 37.6 Å². The van der Waals surface area contributed by atoms with Crippen LogP contribution >= 0.6 is 0 Å². The van der Waals surface area contributed by atoms with Gasteiger partial charge in [-0.25, -0.2) is 18.4 Å². The van der Waals surface area contributed by atoms with E-state index in [1.807, 2.05) is 116 Å². The zero-order valence-corrected chi connectivity index (χ0v) is 36.4. The predicted octanol–water partition coefficient (Wildman–Crippen LogP) is 6.76. The third-order valence-electron chi connectivity index (χ3n) is 12.0. The lowest BCUT2D eigenvalue weighted by Crippen LogP contribution is -2.51. The highest BCUT2D eigenvalue weighted by Gasteiger charge is 2.39. The lowest BCUT2D eigenvalue weighted by molar-refractivity contribution is -0.276. The van der Waals surface area contributed by atoms with Crippen molar-refractivity contribution in [2.24, 2.45) is 5.92 Å². The Balaban J connectivity index is 0.974. The molecule has 0 radical (unpaired) electrons. The number of hydrogen-bond acceptors (Lipinski definition) is 10. The number of aromatic nitrogens is 2. The van der Waals surface area contributed by atoms with Crippen molar-refractivity contribution in [3.63, 3.8) is 0 Å². The van der Waals surface area contributed by atoms with Crippen LogP contribution in [0.1, 0.15) is 52.7 Å². The summed E-state index contributed by atoms with van der Waals surface area (Å²) in [6.07, 6.45) is 2.75. The summed E-state index contributed by atoms with van der Waals surface area (Å²) in [5, 5.41) is 12.7. The van der Waals surface area contributed by atoms with E-state index in [9.17, 15) is 18.3 Å². The van der Waals surface area contributed by atoms with Gasteiger partial charge in [0.05, 0.1) is 23.7 Å². The Labute approximate surface area is 370 Å². The number of nitrogens with zero attached hydrogens (tertiary/aromatic N) is 4. The van der Waals surface area contributed by atoms with Gasteiger partial charge in [-0.15, -0.1) is 0 Å². The number of sulfonamides is 1. The molecule has 0 unspecified atom stereocenters. The quantitative estimate of drug-likeness (QED) is 0.101. The molecule has 13 heteroatoms. The fourth-order valence-corrected chi connectivity index (χ4v) is 9.45. The number of rotatable bonds is 15. The molecule has 0 bridgehead atoms. The first-order valence-corrected chi connectivity index (χ1v) is 23.0. The Kier molecular flexibility index (Phi) is 14.0. The Morgan fingerprint density at radius 1 is 0.778 bits per heavy atom. The minimum atomic E-state index is -3.99. The smallest absolute Gasteiger partial charge is 0.241 e. The fourth-order valence-electron chi connectivity index (χ4n) is 8.26. The molecule has 5 atom stereocenters. The first-order valence-electron chi connectivity index (χ1n) is 21.5. The van der Waals surface area contributed by atoms with E-state index in [4.69, 9.17) is 9.47 Å². The maximum absolute atomic E-state index is 13.9. The average Bonchev–Trinajstić information content (AvgIpc) is 3.32. The van der Waals surface area contributed by atoms with Gasteiger partial charge in [-0.1, -0.05) is 128 Å². The lowest BCUT2D eigenvalue weighted by Gasteiger charge is -2.44. The van der Waals surface area contributed by atoms with Crippen LogP contribution in [0.2, 0.25) is 0 Å². The van der Waals surface area contributed by atoms with Gasteiger partial charge in [0.1, 0.15) is 6.04 Å². The second kappa shape index (κ2) is 20.1. The molecule has 0 saturated carbocycles. The van der Waals surface area contributed by atoms with E-state index in [2.05, 4.69) is 36.7 Å². The molecule has 63 heavy (non-hydrogen) atoms. The van der Waals surface area contributed by atoms with Gasteiger partial charge in [-0.3, -0.25) is 9.69 Å². The van der Waals surface area contributed by atoms with Crippen LogP contribution in [0.4, 0.5) is 5.95 Å². The summed E-state index contributed by atoms with van der Waals surface area (Å²) in [6, 6.07) is 40.7. The van der Waals surface area contributed by atoms with Crippen molar-refractivity contribution in [1.29, 1.82) is 0 Å². The normalized spacial score (nSPS) is 20.0. The number of aliphatic hydroxyl groups is 1. The van der Waals surface area contributed by atoms with Crippen LogP contribution in [-0.4, -0.2) is 79.2 Å². The number of carbonyl (C=O) groups excluding carboxylic acids is 1. The van der Waals surface area contributed by atoms with Gasteiger partial charge >= 0.3 is 0 Å². The zero-order chi connectivity index (χ0) is 43.8. The van der Waals surface area contributed by atoms with Gasteiger partial charge in [0.15, 0.2) is 6.29 Å². The summed E-state index contributed by atoms with van der Waals surface area (Å²) >= 11 is 0. The lowest BCUT2D eigenvalue weighted by atomic mass is 9.89. The third kappa shape index (κ3) is 10.9. The number of anilines is 1. The highest BCUT2D eigenvalue weighted by atomic mass is 32.2. The Morgan fingerprint density at radius 2 is 1.44 bits per heavy atom. The number of carbonyl (C=O) groups is 1. The van der Waals surface area contributed by atoms with Crippen LogP contribution in [0.3, 0.4) is 0 Å². The van der Waals surface area contributed by atoms with E-state index in [-0.39, 0.29) is 42.6 Å². The molecule has 326 valence electrons. The summed E-state index contributed by atoms with van der Waals surface area (Å²) in [5.41, 5.74) is 7.29. The number of benzene rings is 5. The van der Waals surface area contributed by atoms with Crippen molar-refractivity contribution in [3.8, 4) is 11.1 Å². The SMILES string of the molecule is Cc1ccc(S(=O)(=O)N[C@H](Cc2ccccc2)C(=O)NCc2ccccc2-c2ccc([C@@H]3O[C@H](CN4CCN(c5ncccn5)CC4)[C@H](C)[C@H](c4ccc(CO)cc4)O3)cc2)cc1. The van der Waals surface area contributed by atoms with Crippen LogP contribution in [-0.2, 0) is 43.9 Å². The fraction of sp³-hybridized carbons (Fsp3) is 0.300. The average molecular weight is 867 g/mol. The van der Waals surface area contributed by atoms with Crippen molar-refractivity contribution in [1.82, 2.24) is 24.9 Å². The van der Waals surface area contributed by atoms with Gasteiger partial charge in [0, 0.05) is 63.1 Å². The van der Waals surface area contributed by atoms with Crippen LogP contribution < -0.4 is 14.9 Å². The second-order valence-corrected chi connectivity index (χ2v) is 18.0. The molecule has 1 aromatic heterocycles. The summed E-state index contributed by atoms with van der Waals surface area (Å²) in [6.45, 7) is 8.34. The number of aryl methyl sites for hydroxylation is 1. The summed E-state index contributed by atoms with van der Waals surface area (Å²) < 4.78 is 43.2. The highest BCUT2D eigenvalue weighted by Crippen LogP contribution is 2.42. The molecule has 3 N–H and O–H groups in total. The van der Waals surface area contributed by atoms with E-state index in [1.54, 1.807) is 36.7 Å². The Bertz CT molecular complexity index is 2520. The largest absolute Gasteiger partial charge is 0.392 e. The monoisotopic (exact) mass is 866 g/mol. The topological polar surface area (TPSA) is 146 Å². The van der Waals surface area contributed by atoms with Crippen LogP contribution in [0.25, 0.3) is 11.1 Å². The van der Waals surface area contributed by atoms with Crippen LogP contribution in [0, 0.1) is 12.8 Å². The minimum absolute atomic E-state index is 0.0254. The maximum Gasteiger partial charge on any atom is 0.241 e. The molecule has 0 aliphatic carbocycles. The van der Waals surface area contributed by atoms with E-state index < -0.39 is 28.3 Å². The third-order valence-corrected chi connectivity index (χ3v) is 13.4. The number of ether oxygens (including phenoxy) is 2. The summed E-state index contributed by atoms with van der Waals surface area (Å²) in [4.78, 5) is 27.5. The van der Waals surface area contributed by atoms with Crippen LogP contribution in [0.5, 0.6) is 0 Å².